The van der Waals surface area contributed by atoms with Gasteiger partial charge in [-0.1, -0.05) is 46.8 Å². The van der Waals surface area contributed by atoms with Crippen LogP contribution in [0.25, 0.3) is 55.7 Å². The van der Waals surface area contributed by atoms with Gasteiger partial charge in [0.1, 0.15) is 11.4 Å². The normalized spacial score (nSPS) is 14.9. The largest absolute Gasteiger partial charge is 0.326 e. The summed E-state index contributed by atoms with van der Waals surface area (Å²) in [5.74, 6) is 0.0263. The van der Waals surface area contributed by atoms with E-state index in [2.05, 4.69) is 47.1 Å². The van der Waals surface area contributed by atoms with Gasteiger partial charge in [-0.15, -0.1) is 10.2 Å². The van der Waals surface area contributed by atoms with Crippen molar-refractivity contribution in [2.75, 3.05) is 49.9 Å². The number of likely N-dealkylation sites (tertiary alicyclic amines) is 2. The zero-order chi connectivity index (χ0) is 37.8. The van der Waals surface area contributed by atoms with Crippen LogP contribution in [0.4, 0.5) is 11.4 Å². The molecular formula is C43H43N11O2. The van der Waals surface area contributed by atoms with E-state index >= 15 is 0 Å². The third-order valence-corrected chi connectivity index (χ3v) is 10.7. The summed E-state index contributed by atoms with van der Waals surface area (Å²) in [4.78, 5) is 35.0. The molecule has 2 aliphatic rings. The standard InChI is InChI=1S/C43H43N11O2/c55-42(15-21-51-17-1-2-18-51)44-34-9-5-7-30(24-34)40-28-53(49-47-40)36-13-11-32-23-33-12-14-37(27-39(33)46-38(32)26-36)54-29-41(48-50-54)31-8-6-10-35(25-31)45-43(56)16-22-52-19-3-4-20-52/h5-14,23-29H,1-4,15-22H2,(H,44,55)(H,45,56). The summed E-state index contributed by atoms with van der Waals surface area (Å²) in [5, 5.41) is 25.8. The molecule has 2 fully saturated rings. The number of nitrogens with one attached hydrogen (secondary N) is 2. The lowest BCUT2D eigenvalue weighted by atomic mass is 10.1. The molecular weight excluding hydrogens is 703 g/mol. The number of fused-ring (bicyclic) bond motifs is 2. The van der Waals surface area contributed by atoms with Crippen molar-refractivity contribution in [3.63, 3.8) is 0 Å². The van der Waals surface area contributed by atoms with Crippen molar-refractivity contribution in [3.05, 3.63) is 103 Å². The Hall–Kier alpha value is -6.31. The number of benzene rings is 4. The number of amides is 2. The number of hydrogen-bond donors (Lipinski definition) is 2. The minimum absolute atomic E-state index is 0.0132. The second-order valence-corrected chi connectivity index (χ2v) is 14.7. The fourth-order valence-corrected chi connectivity index (χ4v) is 7.62. The van der Waals surface area contributed by atoms with Gasteiger partial charge in [0, 0.05) is 59.2 Å². The number of hydrogen-bond acceptors (Lipinski definition) is 9. The second-order valence-electron chi connectivity index (χ2n) is 14.7. The number of anilines is 2. The van der Waals surface area contributed by atoms with Crippen molar-refractivity contribution in [3.8, 4) is 33.9 Å². The third-order valence-electron chi connectivity index (χ3n) is 10.7. The van der Waals surface area contributed by atoms with Gasteiger partial charge in [-0.2, -0.15) is 0 Å². The average Bonchev–Trinajstić information content (AvgIpc) is 4.07. The van der Waals surface area contributed by atoms with E-state index in [1.807, 2.05) is 97.3 Å². The Bertz CT molecular complexity index is 2360. The quantitative estimate of drug-likeness (QED) is 0.130. The molecule has 0 atom stereocenters. The zero-order valence-electron chi connectivity index (χ0n) is 31.1. The summed E-state index contributed by atoms with van der Waals surface area (Å²) in [6.45, 7) is 5.89. The topological polar surface area (TPSA) is 139 Å². The number of aromatic nitrogens is 7. The molecule has 0 radical (unpaired) electrons. The van der Waals surface area contributed by atoms with Crippen molar-refractivity contribution >= 4 is 45.0 Å². The van der Waals surface area contributed by atoms with Crippen LogP contribution in [0.3, 0.4) is 0 Å². The summed E-state index contributed by atoms with van der Waals surface area (Å²) < 4.78 is 3.48. The molecule has 13 nitrogen and oxygen atoms in total. The molecule has 2 aliphatic heterocycles. The smallest absolute Gasteiger partial charge is 0.225 e. The molecule has 9 rings (SSSR count). The predicted octanol–water partition coefficient (Wildman–Crippen LogP) is 6.73. The molecule has 7 aromatic rings. The average molecular weight is 746 g/mol. The fraction of sp³-hybridized carbons (Fsp3) is 0.279. The van der Waals surface area contributed by atoms with Gasteiger partial charge in [0.25, 0.3) is 0 Å². The Balaban J connectivity index is 0.887. The maximum absolute atomic E-state index is 12.6. The molecule has 2 saturated heterocycles. The van der Waals surface area contributed by atoms with Gasteiger partial charge in [-0.3, -0.25) is 9.59 Å². The summed E-state index contributed by atoms with van der Waals surface area (Å²) in [6, 6.07) is 29.6. The number of carbonyl (C=O) groups excluding carboxylic acids is 2. The number of pyridine rings is 1. The monoisotopic (exact) mass is 745 g/mol. The third kappa shape index (κ3) is 8.04. The van der Waals surface area contributed by atoms with Crippen molar-refractivity contribution in [2.24, 2.45) is 0 Å². The van der Waals surface area contributed by atoms with Gasteiger partial charge < -0.3 is 20.4 Å². The van der Waals surface area contributed by atoms with E-state index in [1.165, 1.54) is 25.7 Å². The summed E-state index contributed by atoms with van der Waals surface area (Å²) >= 11 is 0. The lowest BCUT2D eigenvalue weighted by Gasteiger charge is -2.14. The minimum atomic E-state index is 0.0132. The fourth-order valence-electron chi connectivity index (χ4n) is 7.62. The van der Waals surface area contributed by atoms with E-state index in [4.69, 9.17) is 4.98 Å². The molecule has 13 heteroatoms. The van der Waals surface area contributed by atoms with Gasteiger partial charge in [-0.25, -0.2) is 14.3 Å². The summed E-state index contributed by atoms with van der Waals surface area (Å²) in [7, 11) is 0. The molecule has 0 bridgehead atoms. The van der Waals surface area contributed by atoms with Crippen LogP contribution in [-0.2, 0) is 9.59 Å². The van der Waals surface area contributed by atoms with E-state index in [0.717, 1.165) is 95.0 Å². The lowest BCUT2D eigenvalue weighted by Crippen LogP contribution is -2.25. The molecule has 0 spiro atoms. The van der Waals surface area contributed by atoms with Gasteiger partial charge in [0.15, 0.2) is 0 Å². The first kappa shape index (κ1) is 35.4. The van der Waals surface area contributed by atoms with Crippen LogP contribution in [-0.4, -0.2) is 95.9 Å². The van der Waals surface area contributed by atoms with Crippen LogP contribution >= 0.6 is 0 Å². The van der Waals surface area contributed by atoms with Gasteiger partial charge in [0.2, 0.25) is 11.8 Å². The van der Waals surface area contributed by atoms with Crippen LogP contribution in [0.5, 0.6) is 0 Å². The summed E-state index contributed by atoms with van der Waals surface area (Å²) in [6.07, 6.45) is 9.58. The van der Waals surface area contributed by atoms with E-state index in [-0.39, 0.29) is 11.8 Å². The van der Waals surface area contributed by atoms with Gasteiger partial charge >= 0.3 is 0 Å². The molecule has 2 N–H and O–H groups in total. The molecule has 3 aromatic heterocycles. The van der Waals surface area contributed by atoms with E-state index in [9.17, 15) is 9.59 Å². The minimum Gasteiger partial charge on any atom is -0.326 e. The van der Waals surface area contributed by atoms with Gasteiger partial charge in [0.05, 0.1) is 34.8 Å². The Kier molecular flexibility index (Phi) is 9.99. The first-order valence-electron chi connectivity index (χ1n) is 19.4. The first-order valence-corrected chi connectivity index (χ1v) is 19.4. The van der Waals surface area contributed by atoms with E-state index in [0.29, 0.717) is 24.2 Å². The highest BCUT2D eigenvalue weighted by Crippen LogP contribution is 2.27. The van der Waals surface area contributed by atoms with Crippen LogP contribution in [0.15, 0.2) is 103 Å². The maximum atomic E-state index is 12.6. The molecule has 0 saturated carbocycles. The Labute approximate surface area is 324 Å². The van der Waals surface area contributed by atoms with Crippen LogP contribution in [0, 0.1) is 0 Å². The molecule has 0 unspecified atom stereocenters. The lowest BCUT2D eigenvalue weighted by molar-refractivity contribution is -0.117. The number of rotatable bonds is 12. The summed E-state index contributed by atoms with van der Waals surface area (Å²) in [5.41, 5.74) is 7.91. The molecule has 0 aliphatic carbocycles. The molecule has 282 valence electrons. The van der Waals surface area contributed by atoms with E-state index in [1.54, 1.807) is 9.36 Å². The second kappa shape index (κ2) is 15.8. The van der Waals surface area contributed by atoms with Crippen LogP contribution in [0.1, 0.15) is 38.5 Å². The highest BCUT2D eigenvalue weighted by atomic mass is 16.2. The van der Waals surface area contributed by atoms with Crippen molar-refractivity contribution in [1.82, 2.24) is 44.8 Å². The Morgan fingerprint density at radius 2 is 1.02 bits per heavy atom. The predicted molar refractivity (Wildman–Crippen MR) is 218 cm³/mol. The molecule has 4 aromatic carbocycles. The van der Waals surface area contributed by atoms with Gasteiger partial charge in [-0.05, 0) is 106 Å². The van der Waals surface area contributed by atoms with Crippen LogP contribution < -0.4 is 10.6 Å². The maximum Gasteiger partial charge on any atom is 0.225 e. The van der Waals surface area contributed by atoms with Crippen molar-refractivity contribution < 1.29 is 9.59 Å². The van der Waals surface area contributed by atoms with Crippen molar-refractivity contribution in [1.29, 1.82) is 0 Å². The molecule has 5 heterocycles. The number of carbonyl (C=O) groups is 2. The van der Waals surface area contributed by atoms with E-state index < -0.39 is 0 Å². The van der Waals surface area contributed by atoms with Crippen molar-refractivity contribution in [2.45, 2.75) is 38.5 Å². The molecule has 56 heavy (non-hydrogen) atoms. The highest BCUT2D eigenvalue weighted by Gasteiger charge is 2.16. The Morgan fingerprint density at radius 3 is 1.48 bits per heavy atom. The first-order chi connectivity index (χ1) is 27.5. The molecule has 2 amide bonds. The SMILES string of the molecule is O=C(CCN1CCCC1)Nc1cccc(-c2cn(-c3ccc4cc5ccc(-n6cc(-c7cccc(NC(=O)CCN8CCCC8)c7)nn6)cc5nc4c3)nn2)c1. The highest BCUT2D eigenvalue weighted by molar-refractivity contribution is 5.95. The Morgan fingerprint density at radius 1 is 0.554 bits per heavy atom. The number of nitrogens with zero attached hydrogens (tertiary/aromatic N) is 9. The zero-order valence-corrected chi connectivity index (χ0v) is 31.1. The van der Waals surface area contributed by atoms with Crippen LogP contribution in [0.2, 0.25) is 0 Å².